The fraction of sp³-hybridized carbons (Fsp3) is 0.0769. The van der Waals surface area contributed by atoms with Crippen LogP contribution in [0.1, 0.15) is 5.56 Å². The molecule has 0 bridgehead atoms. The van der Waals surface area contributed by atoms with Crippen molar-refractivity contribution in [2.45, 2.75) is 6.42 Å². The van der Waals surface area contributed by atoms with Crippen molar-refractivity contribution in [1.29, 1.82) is 0 Å². The second kappa shape index (κ2) is 5.91. The van der Waals surface area contributed by atoms with E-state index in [0.29, 0.717) is 27.1 Å². The van der Waals surface area contributed by atoms with Gasteiger partial charge in [0.15, 0.2) is 0 Å². The van der Waals surface area contributed by atoms with Crippen LogP contribution in [0.5, 0.6) is 0 Å². The first kappa shape index (κ1) is 13.6. The predicted octanol–water partition coefficient (Wildman–Crippen LogP) is 3.76. The van der Waals surface area contributed by atoms with Gasteiger partial charge in [0.2, 0.25) is 0 Å². The average Bonchev–Trinajstić information content (AvgIpc) is 2.35. The molecular formula is C13H10Cl2N2O2. The van der Waals surface area contributed by atoms with Crippen LogP contribution in [0.15, 0.2) is 36.5 Å². The molecule has 1 aromatic carbocycles. The fourth-order valence-electron chi connectivity index (χ4n) is 1.59. The molecule has 2 aromatic rings. The highest BCUT2D eigenvalue weighted by atomic mass is 35.5. The second-order valence-corrected chi connectivity index (χ2v) is 4.62. The van der Waals surface area contributed by atoms with Crippen LogP contribution in [0, 0.1) is 0 Å². The van der Waals surface area contributed by atoms with E-state index in [0.717, 1.165) is 0 Å². The third kappa shape index (κ3) is 3.36. The summed E-state index contributed by atoms with van der Waals surface area (Å²) in [5.41, 5.74) is 1.07. The number of hydrogen-bond donors (Lipinski definition) is 2. The zero-order valence-corrected chi connectivity index (χ0v) is 11.2. The first-order valence-electron chi connectivity index (χ1n) is 5.44. The van der Waals surface area contributed by atoms with Crippen LogP contribution < -0.4 is 5.32 Å². The Balaban J connectivity index is 2.36. The van der Waals surface area contributed by atoms with Crippen LogP contribution in [0.3, 0.4) is 0 Å². The Morgan fingerprint density at radius 1 is 1.21 bits per heavy atom. The molecule has 19 heavy (non-hydrogen) atoms. The van der Waals surface area contributed by atoms with Gasteiger partial charge in [-0.3, -0.25) is 4.79 Å². The van der Waals surface area contributed by atoms with Crippen LogP contribution in [0.25, 0.3) is 0 Å². The van der Waals surface area contributed by atoms with Gasteiger partial charge >= 0.3 is 5.97 Å². The molecule has 0 aliphatic carbocycles. The van der Waals surface area contributed by atoms with Crippen molar-refractivity contribution in [3.63, 3.8) is 0 Å². The zero-order chi connectivity index (χ0) is 13.8. The lowest BCUT2D eigenvalue weighted by atomic mass is 10.2. The van der Waals surface area contributed by atoms with Gasteiger partial charge in [0.1, 0.15) is 5.82 Å². The molecule has 1 heterocycles. The van der Waals surface area contributed by atoms with E-state index in [4.69, 9.17) is 28.3 Å². The third-order valence-electron chi connectivity index (χ3n) is 2.44. The zero-order valence-electron chi connectivity index (χ0n) is 9.73. The Morgan fingerprint density at radius 3 is 2.53 bits per heavy atom. The van der Waals surface area contributed by atoms with Crippen LogP contribution in [0.4, 0.5) is 11.5 Å². The minimum Gasteiger partial charge on any atom is -0.481 e. The summed E-state index contributed by atoms with van der Waals surface area (Å²) in [5, 5.41) is 12.7. The summed E-state index contributed by atoms with van der Waals surface area (Å²) in [6, 6.07) is 8.48. The number of para-hydroxylation sites is 1. The Hall–Kier alpha value is -1.78. The maximum atomic E-state index is 10.8. The van der Waals surface area contributed by atoms with E-state index in [1.54, 1.807) is 36.5 Å². The number of benzene rings is 1. The number of anilines is 2. The van der Waals surface area contributed by atoms with Crippen molar-refractivity contribution >= 4 is 40.7 Å². The number of halogens is 2. The van der Waals surface area contributed by atoms with Gasteiger partial charge in [0, 0.05) is 11.8 Å². The van der Waals surface area contributed by atoms with E-state index in [1.807, 2.05) is 0 Å². The van der Waals surface area contributed by atoms with E-state index >= 15 is 0 Å². The van der Waals surface area contributed by atoms with Crippen molar-refractivity contribution in [2.75, 3.05) is 5.32 Å². The van der Waals surface area contributed by atoms with Crippen LogP contribution >= 0.6 is 23.2 Å². The number of hydrogen-bond acceptors (Lipinski definition) is 3. The molecule has 2 rings (SSSR count). The van der Waals surface area contributed by atoms with Gasteiger partial charge in [-0.1, -0.05) is 35.3 Å². The number of nitrogens with zero attached hydrogens (tertiary/aromatic N) is 1. The summed E-state index contributed by atoms with van der Waals surface area (Å²) in [4.78, 5) is 14.9. The molecule has 4 nitrogen and oxygen atoms in total. The Bertz CT molecular complexity index is 597. The molecule has 0 fully saturated rings. The molecule has 6 heteroatoms. The van der Waals surface area contributed by atoms with Crippen LogP contribution in [-0.2, 0) is 11.2 Å². The smallest absolute Gasteiger partial charge is 0.307 e. The minimum atomic E-state index is -0.929. The molecule has 0 aliphatic heterocycles. The highest BCUT2D eigenvalue weighted by Gasteiger charge is 2.11. The minimum absolute atomic E-state index is 0.127. The molecule has 0 unspecified atom stereocenters. The Morgan fingerprint density at radius 2 is 1.89 bits per heavy atom. The van der Waals surface area contributed by atoms with Gasteiger partial charge in [-0.2, -0.15) is 0 Å². The first-order valence-corrected chi connectivity index (χ1v) is 6.20. The number of carbonyl (C=O) groups is 1. The third-order valence-corrected chi connectivity index (χ3v) is 3.07. The summed E-state index contributed by atoms with van der Waals surface area (Å²) in [7, 11) is 0. The number of rotatable bonds is 4. The van der Waals surface area contributed by atoms with E-state index < -0.39 is 5.97 Å². The molecule has 1 aromatic heterocycles. The summed E-state index contributed by atoms with van der Waals surface area (Å²) in [6.07, 6.45) is 1.44. The molecule has 0 saturated heterocycles. The van der Waals surface area contributed by atoms with E-state index in [-0.39, 0.29) is 6.42 Å². The molecular weight excluding hydrogens is 287 g/mol. The summed E-state index contributed by atoms with van der Waals surface area (Å²) in [6.45, 7) is 0. The average molecular weight is 297 g/mol. The van der Waals surface area contributed by atoms with Gasteiger partial charge in [0.05, 0.1) is 22.2 Å². The van der Waals surface area contributed by atoms with Crippen LogP contribution in [-0.4, -0.2) is 16.1 Å². The van der Waals surface area contributed by atoms with E-state index in [1.165, 1.54) is 0 Å². The lowest BCUT2D eigenvalue weighted by Gasteiger charge is -2.12. The predicted molar refractivity (Wildman–Crippen MR) is 75.3 cm³/mol. The SMILES string of the molecule is O=C(O)Cc1cccnc1Nc1c(Cl)cccc1Cl. The van der Waals surface area contributed by atoms with Crippen molar-refractivity contribution in [3.05, 3.63) is 52.1 Å². The summed E-state index contributed by atoms with van der Waals surface area (Å²) in [5.74, 6) is -0.499. The Kier molecular flexibility index (Phi) is 4.24. The largest absolute Gasteiger partial charge is 0.481 e. The standard InChI is InChI=1S/C13H10Cl2N2O2/c14-9-4-1-5-10(15)12(9)17-13-8(7-11(18)19)3-2-6-16-13/h1-6H,7H2,(H,16,17)(H,18,19). The lowest BCUT2D eigenvalue weighted by Crippen LogP contribution is -2.05. The Labute approximate surface area is 120 Å². The number of carboxylic acid groups (broad SMARTS) is 1. The molecule has 0 amide bonds. The number of pyridine rings is 1. The van der Waals surface area contributed by atoms with Crippen molar-refractivity contribution in [1.82, 2.24) is 4.98 Å². The van der Waals surface area contributed by atoms with Crippen LogP contribution in [0.2, 0.25) is 10.0 Å². The summed E-state index contributed by atoms with van der Waals surface area (Å²) >= 11 is 12.1. The number of aromatic nitrogens is 1. The maximum Gasteiger partial charge on any atom is 0.307 e. The maximum absolute atomic E-state index is 10.8. The second-order valence-electron chi connectivity index (χ2n) is 3.80. The fourth-order valence-corrected chi connectivity index (χ4v) is 2.08. The topological polar surface area (TPSA) is 62.2 Å². The van der Waals surface area contributed by atoms with Gasteiger partial charge in [-0.15, -0.1) is 0 Å². The van der Waals surface area contributed by atoms with Crippen molar-refractivity contribution in [2.24, 2.45) is 0 Å². The van der Waals surface area contributed by atoms with Gasteiger partial charge in [0.25, 0.3) is 0 Å². The van der Waals surface area contributed by atoms with Crippen molar-refractivity contribution in [3.8, 4) is 0 Å². The van der Waals surface area contributed by atoms with Gasteiger partial charge in [-0.05, 0) is 18.2 Å². The molecule has 0 atom stereocenters. The quantitative estimate of drug-likeness (QED) is 0.902. The monoisotopic (exact) mass is 296 g/mol. The van der Waals surface area contributed by atoms with Crippen molar-refractivity contribution < 1.29 is 9.90 Å². The highest BCUT2D eigenvalue weighted by molar-refractivity contribution is 6.39. The summed E-state index contributed by atoms with van der Waals surface area (Å²) < 4.78 is 0. The van der Waals surface area contributed by atoms with Gasteiger partial charge in [-0.25, -0.2) is 4.98 Å². The lowest BCUT2D eigenvalue weighted by molar-refractivity contribution is -0.136. The van der Waals surface area contributed by atoms with E-state index in [9.17, 15) is 4.79 Å². The first-order chi connectivity index (χ1) is 9.08. The molecule has 2 N–H and O–H groups in total. The molecule has 0 aliphatic rings. The van der Waals surface area contributed by atoms with E-state index in [2.05, 4.69) is 10.3 Å². The molecule has 0 spiro atoms. The molecule has 0 saturated carbocycles. The molecule has 0 radical (unpaired) electrons. The van der Waals surface area contributed by atoms with Gasteiger partial charge < -0.3 is 10.4 Å². The number of carboxylic acids is 1. The number of aliphatic carboxylic acids is 1. The normalized spacial score (nSPS) is 10.2. The highest BCUT2D eigenvalue weighted by Crippen LogP contribution is 2.32. The number of nitrogens with one attached hydrogen (secondary N) is 1. The molecule has 98 valence electrons.